The molecule has 0 saturated carbocycles. The van der Waals surface area contributed by atoms with Crippen molar-refractivity contribution in [2.45, 2.75) is 32.1 Å². The van der Waals surface area contributed by atoms with Crippen LogP contribution in [0.25, 0.3) is 0 Å². The van der Waals surface area contributed by atoms with Gasteiger partial charge in [-0.2, -0.15) is 0 Å². The number of aryl methyl sites for hydroxylation is 1. The maximum absolute atomic E-state index is 12.1. The highest BCUT2D eigenvalue weighted by atomic mass is 32.1. The summed E-state index contributed by atoms with van der Waals surface area (Å²) in [4.78, 5) is 42.3. The van der Waals surface area contributed by atoms with E-state index in [4.69, 9.17) is 4.84 Å². The van der Waals surface area contributed by atoms with E-state index in [0.29, 0.717) is 11.5 Å². The van der Waals surface area contributed by atoms with Crippen molar-refractivity contribution in [1.29, 1.82) is 0 Å². The summed E-state index contributed by atoms with van der Waals surface area (Å²) in [5.41, 5.74) is 0.539. The lowest BCUT2D eigenvalue weighted by molar-refractivity contribution is -0.168. The Morgan fingerprint density at radius 3 is 2.29 bits per heavy atom. The van der Waals surface area contributed by atoms with Gasteiger partial charge in [-0.15, -0.1) is 11.3 Å². The molecule has 1 aromatic heterocycles. The topological polar surface area (TPSA) is 63.7 Å². The highest BCUT2D eigenvalue weighted by Crippen LogP contribution is 2.23. The first-order valence-corrected chi connectivity index (χ1v) is 8.76. The van der Waals surface area contributed by atoms with Gasteiger partial charge in [-0.05, 0) is 42.8 Å². The molecule has 3 rings (SSSR count). The summed E-state index contributed by atoms with van der Waals surface area (Å²) >= 11 is 1.73. The first kappa shape index (κ1) is 16.4. The summed E-state index contributed by atoms with van der Waals surface area (Å²) in [7, 11) is 0. The van der Waals surface area contributed by atoms with Crippen LogP contribution in [0.5, 0.6) is 0 Å². The highest BCUT2D eigenvalue weighted by molar-refractivity contribution is 7.09. The molecule has 0 fully saturated rings. The highest BCUT2D eigenvalue weighted by Gasteiger charge is 2.38. The first-order chi connectivity index (χ1) is 11.7. The summed E-state index contributed by atoms with van der Waals surface area (Å²) in [6, 6.07) is 10.6. The normalized spacial score (nSPS) is 13.2. The first-order valence-electron chi connectivity index (χ1n) is 7.88. The molecule has 0 aliphatic carbocycles. The van der Waals surface area contributed by atoms with Crippen molar-refractivity contribution in [3.8, 4) is 0 Å². The third-order valence-electron chi connectivity index (χ3n) is 3.83. The molecule has 0 atom stereocenters. The molecule has 5 nitrogen and oxygen atoms in total. The van der Waals surface area contributed by atoms with E-state index in [1.807, 2.05) is 6.07 Å². The van der Waals surface area contributed by atoms with Crippen molar-refractivity contribution in [3.63, 3.8) is 0 Å². The van der Waals surface area contributed by atoms with Crippen LogP contribution in [-0.4, -0.2) is 22.8 Å². The quantitative estimate of drug-likeness (QED) is 0.569. The number of hydrogen-bond acceptors (Lipinski definition) is 5. The molecule has 2 aromatic rings. The Balaban J connectivity index is 1.42. The van der Waals surface area contributed by atoms with Crippen LogP contribution < -0.4 is 0 Å². The molecule has 0 unspecified atom stereocenters. The zero-order chi connectivity index (χ0) is 16.9. The van der Waals surface area contributed by atoms with Crippen molar-refractivity contribution in [2.24, 2.45) is 0 Å². The van der Waals surface area contributed by atoms with Gasteiger partial charge in [0.1, 0.15) is 0 Å². The Hall–Kier alpha value is -2.47. The van der Waals surface area contributed by atoms with Crippen LogP contribution in [0.2, 0.25) is 0 Å². The number of amides is 2. The van der Waals surface area contributed by atoms with Gasteiger partial charge in [-0.3, -0.25) is 9.59 Å². The number of carbonyl (C=O) groups is 3. The summed E-state index contributed by atoms with van der Waals surface area (Å²) in [6.45, 7) is 0. The van der Waals surface area contributed by atoms with Crippen LogP contribution in [0.1, 0.15) is 51.3 Å². The predicted octanol–water partition coefficient (Wildman–Crippen LogP) is 3.61. The standard InChI is InChI=1S/C18H17NO4S/c20-16(11-3-1-2-7-13-8-6-12-24-13)23-19-17(21)14-9-4-5-10-15(14)18(19)22/h4-6,8-10,12H,1-3,7,11H2. The molecule has 124 valence electrons. The molecule has 2 heterocycles. The minimum absolute atomic E-state index is 0.192. The monoisotopic (exact) mass is 343 g/mol. The van der Waals surface area contributed by atoms with Crippen LogP contribution >= 0.6 is 11.3 Å². The van der Waals surface area contributed by atoms with Gasteiger partial charge in [-0.1, -0.05) is 29.7 Å². The van der Waals surface area contributed by atoms with Crippen LogP contribution in [0.3, 0.4) is 0 Å². The van der Waals surface area contributed by atoms with Gasteiger partial charge in [0.05, 0.1) is 11.1 Å². The van der Waals surface area contributed by atoms with Gasteiger partial charge in [0.15, 0.2) is 0 Å². The van der Waals surface area contributed by atoms with E-state index in [1.54, 1.807) is 35.6 Å². The number of hydrogen-bond donors (Lipinski definition) is 0. The Morgan fingerprint density at radius 1 is 0.958 bits per heavy atom. The average Bonchev–Trinajstić information content (AvgIpc) is 3.18. The van der Waals surface area contributed by atoms with Crippen LogP contribution in [0, 0.1) is 0 Å². The smallest absolute Gasteiger partial charge is 0.330 e. The van der Waals surface area contributed by atoms with Crippen LogP contribution in [0.4, 0.5) is 0 Å². The number of carbonyl (C=O) groups excluding carboxylic acids is 3. The molecule has 6 heteroatoms. The van der Waals surface area contributed by atoms with E-state index < -0.39 is 17.8 Å². The number of imide groups is 1. The number of rotatable bonds is 7. The SMILES string of the molecule is O=C(CCCCCc1cccs1)ON1C(=O)c2ccccc2C1=O. The lowest BCUT2D eigenvalue weighted by Crippen LogP contribution is -2.32. The molecule has 0 spiro atoms. The molecule has 2 amide bonds. The van der Waals surface area contributed by atoms with E-state index in [9.17, 15) is 14.4 Å². The Bertz CT molecular complexity index is 719. The second kappa shape index (κ2) is 7.40. The molecule has 0 N–H and O–H groups in total. The number of thiophene rings is 1. The molecule has 24 heavy (non-hydrogen) atoms. The van der Waals surface area contributed by atoms with E-state index >= 15 is 0 Å². The Morgan fingerprint density at radius 2 is 1.67 bits per heavy atom. The molecule has 0 bridgehead atoms. The van der Waals surface area contributed by atoms with Gasteiger partial charge < -0.3 is 4.84 Å². The fourth-order valence-electron chi connectivity index (χ4n) is 2.60. The number of benzene rings is 1. The second-order valence-electron chi connectivity index (χ2n) is 5.55. The maximum Gasteiger partial charge on any atom is 0.333 e. The fraction of sp³-hybridized carbons (Fsp3) is 0.278. The summed E-state index contributed by atoms with van der Waals surface area (Å²) < 4.78 is 0. The summed E-state index contributed by atoms with van der Waals surface area (Å²) in [6.07, 6.45) is 3.77. The molecule has 1 aliphatic rings. The molecule has 0 saturated heterocycles. The van der Waals surface area contributed by atoms with E-state index in [1.165, 1.54) is 4.88 Å². The van der Waals surface area contributed by atoms with E-state index in [0.717, 1.165) is 19.3 Å². The summed E-state index contributed by atoms with van der Waals surface area (Å²) in [5.74, 6) is -1.72. The minimum Gasteiger partial charge on any atom is -0.330 e. The largest absolute Gasteiger partial charge is 0.333 e. The number of nitrogens with zero attached hydrogens (tertiary/aromatic N) is 1. The molecule has 1 aliphatic heterocycles. The van der Waals surface area contributed by atoms with Crippen molar-refractivity contribution < 1.29 is 19.2 Å². The van der Waals surface area contributed by atoms with Crippen molar-refractivity contribution >= 4 is 29.1 Å². The molecule has 1 aromatic carbocycles. The van der Waals surface area contributed by atoms with Crippen molar-refractivity contribution in [1.82, 2.24) is 5.06 Å². The zero-order valence-electron chi connectivity index (χ0n) is 13.1. The van der Waals surface area contributed by atoms with Gasteiger partial charge in [0, 0.05) is 11.3 Å². The van der Waals surface area contributed by atoms with E-state index in [-0.39, 0.29) is 17.5 Å². The zero-order valence-corrected chi connectivity index (χ0v) is 13.9. The van der Waals surface area contributed by atoms with Gasteiger partial charge >= 0.3 is 5.97 Å². The summed E-state index contributed by atoms with van der Waals surface area (Å²) in [5, 5.41) is 2.62. The van der Waals surface area contributed by atoms with Gasteiger partial charge in [0.25, 0.3) is 11.8 Å². The Kier molecular flexibility index (Phi) is 5.05. The van der Waals surface area contributed by atoms with Gasteiger partial charge in [0.2, 0.25) is 0 Å². The Labute approximate surface area is 143 Å². The lowest BCUT2D eigenvalue weighted by Gasteiger charge is -2.12. The number of fused-ring (bicyclic) bond motifs is 1. The number of unbranched alkanes of at least 4 members (excludes halogenated alkanes) is 2. The van der Waals surface area contributed by atoms with Crippen molar-refractivity contribution in [3.05, 3.63) is 57.8 Å². The van der Waals surface area contributed by atoms with Crippen LogP contribution in [-0.2, 0) is 16.1 Å². The van der Waals surface area contributed by atoms with Crippen LogP contribution in [0.15, 0.2) is 41.8 Å². The second-order valence-corrected chi connectivity index (χ2v) is 6.59. The average molecular weight is 343 g/mol. The lowest BCUT2D eigenvalue weighted by atomic mass is 10.1. The fourth-order valence-corrected chi connectivity index (χ4v) is 3.35. The molecule has 0 radical (unpaired) electrons. The minimum atomic E-state index is -0.582. The predicted molar refractivity (Wildman–Crippen MR) is 89.5 cm³/mol. The van der Waals surface area contributed by atoms with Gasteiger partial charge in [-0.25, -0.2) is 4.79 Å². The third kappa shape index (κ3) is 3.54. The molecular formula is C18H17NO4S. The maximum atomic E-state index is 12.1. The van der Waals surface area contributed by atoms with Crippen molar-refractivity contribution in [2.75, 3.05) is 0 Å². The third-order valence-corrected chi connectivity index (χ3v) is 4.77. The number of hydroxylamine groups is 2. The van der Waals surface area contributed by atoms with E-state index in [2.05, 4.69) is 11.4 Å². The molecular weight excluding hydrogens is 326 g/mol.